The topological polar surface area (TPSA) is 83.9 Å². The van der Waals surface area contributed by atoms with Crippen LogP contribution in [0.1, 0.15) is 39.5 Å². The van der Waals surface area contributed by atoms with Crippen LogP contribution in [-0.4, -0.2) is 46.4 Å². The zero-order valence-corrected chi connectivity index (χ0v) is 16.8. The fraction of sp³-hybridized carbons (Fsp3) is 0.381. The molecule has 0 saturated heterocycles. The Bertz CT molecular complexity index is 887. The summed E-state index contributed by atoms with van der Waals surface area (Å²) in [5.41, 5.74) is 0.0622. The second-order valence-corrected chi connectivity index (χ2v) is 8.32. The Labute approximate surface area is 167 Å². The average molecular weight is 401 g/mol. The van der Waals surface area contributed by atoms with E-state index >= 15 is 0 Å². The molecule has 1 N–H and O–H groups in total. The number of benzene rings is 1. The summed E-state index contributed by atoms with van der Waals surface area (Å²) in [5, 5.41) is 10.4. The number of carbonyl (C=O) groups is 3. The first kappa shape index (κ1) is 20.2. The van der Waals surface area contributed by atoms with Gasteiger partial charge in [0.2, 0.25) is 11.7 Å². The minimum absolute atomic E-state index is 0.0132. The lowest BCUT2D eigenvalue weighted by Crippen LogP contribution is -2.39. The molecule has 6 nitrogen and oxygen atoms in total. The van der Waals surface area contributed by atoms with Gasteiger partial charge in [-0.25, -0.2) is 4.79 Å². The predicted molar refractivity (Wildman–Crippen MR) is 105 cm³/mol. The molecule has 0 bridgehead atoms. The van der Waals surface area contributed by atoms with Crippen molar-refractivity contribution in [3.63, 3.8) is 0 Å². The number of thiophene rings is 1. The van der Waals surface area contributed by atoms with E-state index in [1.54, 1.807) is 11.0 Å². The fourth-order valence-electron chi connectivity index (χ4n) is 3.16. The maximum Gasteiger partial charge on any atom is 0.338 e. The summed E-state index contributed by atoms with van der Waals surface area (Å²) < 4.78 is 5.09. The third kappa shape index (κ3) is 4.66. The van der Waals surface area contributed by atoms with Gasteiger partial charge in [-0.05, 0) is 30.5 Å². The Morgan fingerprint density at radius 1 is 1.25 bits per heavy atom. The standard InChI is InChI=1S/C21H23NO5S/c1-14(23)22-9-8-18-16(12-22)10-19(28-18)17(24)13-27-20(25)21(2,26)11-15-6-4-3-5-7-15/h3-7,10,26H,8-9,11-13H2,1-2H3. The number of aliphatic hydroxyl groups is 1. The van der Waals surface area contributed by atoms with Gasteiger partial charge < -0.3 is 14.7 Å². The highest BCUT2D eigenvalue weighted by molar-refractivity contribution is 7.14. The second-order valence-electron chi connectivity index (χ2n) is 7.19. The maximum absolute atomic E-state index is 12.4. The van der Waals surface area contributed by atoms with Crippen molar-refractivity contribution in [2.24, 2.45) is 0 Å². The minimum Gasteiger partial charge on any atom is -0.455 e. The summed E-state index contributed by atoms with van der Waals surface area (Å²) in [7, 11) is 0. The molecule has 2 heterocycles. The lowest BCUT2D eigenvalue weighted by molar-refractivity contribution is -0.162. The van der Waals surface area contributed by atoms with Crippen molar-refractivity contribution in [1.82, 2.24) is 4.90 Å². The van der Waals surface area contributed by atoms with E-state index in [-0.39, 0.29) is 18.1 Å². The molecule has 1 unspecified atom stereocenters. The molecule has 1 aromatic carbocycles. The number of ketones is 1. The van der Waals surface area contributed by atoms with Gasteiger partial charge in [-0.3, -0.25) is 9.59 Å². The lowest BCUT2D eigenvalue weighted by atomic mass is 9.97. The molecule has 0 fully saturated rings. The van der Waals surface area contributed by atoms with E-state index in [0.29, 0.717) is 18.0 Å². The smallest absolute Gasteiger partial charge is 0.338 e. The van der Waals surface area contributed by atoms with Crippen LogP contribution in [0.15, 0.2) is 36.4 Å². The van der Waals surface area contributed by atoms with Crippen LogP contribution in [0.3, 0.4) is 0 Å². The van der Waals surface area contributed by atoms with Crippen molar-refractivity contribution in [3.8, 4) is 0 Å². The van der Waals surface area contributed by atoms with Gasteiger partial charge in [0.1, 0.15) is 0 Å². The Balaban J connectivity index is 1.58. The summed E-state index contributed by atoms with van der Waals surface area (Å²) in [5.74, 6) is -1.12. The van der Waals surface area contributed by atoms with Gasteiger partial charge in [0, 0.05) is 31.3 Å². The summed E-state index contributed by atoms with van der Waals surface area (Å²) in [6, 6.07) is 10.9. The number of esters is 1. The first-order chi connectivity index (χ1) is 13.3. The van der Waals surface area contributed by atoms with Crippen LogP contribution < -0.4 is 0 Å². The number of ether oxygens (including phenoxy) is 1. The average Bonchev–Trinajstić information content (AvgIpc) is 3.09. The number of nitrogens with zero attached hydrogens (tertiary/aromatic N) is 1. The third-order valence-corrected chi connectivity index (χ3v) is 6.03. The van der Waals surface area contributed by atoms with Crippen LogP contribution in [0.5, 0.6) is 0 Å². The van der Waals surface area contributed by atoms with E-state index < -0.39 is 18.2 Å². The highest BCUT2D eigenvalue weighted by Crippen LogP contribution is 2.28. The monoisotopic (exact) mass is 401 g/mol. The first-order valence-corrected chi connectivity index (χ1v) is 9.92. The summed E-state index contributed by atoms with van der Waals surface area (Å²) in [4.78, 5) is 39.6. The van der Waals surface area contributed by atoms with Gasteiger partial charge >= 0.3 is 5.97 Å². The molecule has 1 aliphatic heterocycles. The SMILES string of the molecule is CC(=O)N1CCc2sc(C(=O)COC(=O)C(C)(O)Cc3ccccc3)cc2C1. The van der Waals surface area contributed by atoms with Crippen LogP contribution in [-0.2, 0) is 33.7 Å². The number of amides is 1. The quantitative estimate of drug-likeness (QED) is 0.593. The van der Waals surface area contributed by atoms with Crippen LogP contribution >= 0.6 is 11.3 Å². The molecule has 1 atom stereocenters. The van der Waals surface area contributed by atoms with Crippen LogP contribution in [0.25, 0.3) is 0 Å². The molecule has 2 aromatic rings. The molecule has 1 amide bonds. The van der Waals surface area contributed by atoms with Crippen molar-refractivity contribution in [2.45, 2.75) is 38.8 Å². The Morgan fingerprint density at radius 3 is 2.64 bits per heavy atom. The molecular formula is C21H23NO5S. The van der Waals surface area contributed by atoms with Crippen molar-refractivity contribution in [3.05, 3.63) is 57.3 Å². The third-order valence-electron chi connectivity index (χ3n) is 4.75. The number of hydrogen-bond donors (Lipinski definition) is 1. The van der Waals surface area contributed by atoms with E-state index in [1.807, 2.05) is 30.3 Å². The van der Waals surface area contributed by atoms with Crippen molar-refractivity contribution >= 4 is 29.0 Å². The van der Waals surface area contributed by atoms with E-state index in [2.05, 4.69) is 0 Å². The largest absolute Gasteiger partial charge is 0.455 e. The van der Waals surface area contributed by atoms with E-state index in [1.165, 1.54) is 25.2 Å². The lowest BCUT2D eigenvalue weighted by Gasteiger charge is -2.25. The molecule has 28 heavy (non-hydrogen) atoms. The van der Waals surface area contributed by atoms with Crippen molar-refractivity contribution in [2.75, 3.05) is 13.2 Å². The molecule has 0 aliphatic carbocycles. The van der Waals surface area contributed by atoms with Crippen LogP contribution in [0.2, 0.25) is 0 Å². The summed E-state index contributed by atoms with van der Waals surface area (Å²) >= 11 is 1.38. The van der Waals surface area contributed by atoms with Gasteiger partial charge in [0.25, 0.3) is 0 Å². The molecule has 1 aliphatic rings. The molecule has 0 radical (unpaired) electrons. The predicted octanol–water partition coefficient (Wildman–Crippen LogP) is 2.37. The number of hydrogen-bond acceptors (Lipinski definition) is 6. The number of rotatable bonds is 6. The molecule has 148 valence electrons. The van der Waals surface area contributed by atoms with Gasteiger partial charge in [0.15, 0.2) is 12.2 Å². The molecule has 0 spiro atoms. The Hall–Kier alpha value is -2.51. The summed E-state index contributed by atoms with van der Waals surface area (Å²) in [6.45, 7) is 3.64. The Morgan fingerprint density at radius 2 is 1.96 bits per heavy atom. The molecule has 3 rings (SSSR count). The van der Waals surface area contributed by atoms with Gasteiger partial charge in [-0.15, -0.1) is 11.3 Å². The molecule has 7 heteroatoms. The molecule has 0 saturated carbocycles. The normalized spacial score (nSPS) is 15.5. The van der Waals surface area contributed by atoms with Gasteiger partial charge in [-0.2, -0.15) is 0 Å². The second kappa shape index (κ2) is 8.24. The highest BCUT2D eigenvalue weighted by atomic mass is 32.1. The zero-order valence-electron chi connectivity index (χ0n) is 15.9. The molecule has 1 aromatic heterocycles. The highest BCUT2D eigenvalue weighted by Gasteiger charge is 2.33. The van der Waals surface area contributed by atoms with Gasteiger partial charge in [-0.1, -0.05) is 30.3 Å². The van der Waals surface area contributed by atoms with Gasteiger partial charge in [0.05, 0.1) is 4.88 Å². The van der Waals surface area contributed by atoms with Crippen LogP contribution in [0, 0.1) is 0 Å². The number of fused-ring (bicyclic) bond motifs is 1. The van der Waals surface area contributed by atoms with Crippen molar-refractivity contribution in [1.29, 1.82) is 0 Å². The number of Topliss-reactive ketones (excluding diaryl/α,β-unsaturated/α-hetero) is 1. The van der Waals surface area contributed by atoms with E-state index in [0.717, 1.165) is 22.4 Å². The number of carbonyl (C=O) groups excluding carboxylic acids is 3. The maximum atomic E-state index is 12.4. The Kier molecular flexibility index (Phi) is 5.96. The molecular weight excluding hydrogens is 378 g/mol. The van der Waals surface area contributed by atoms with Crippen LogP contribution in [0.4, 0.5) is 0 Å². The van der Waals surface area contributed by atoms with E-state index in [4.69, 9.17) is 4.74 Å². The fourth-order valence-corrected chi connectivity index (χ4v) is 4.25. The zero-order chi connectivity index (χ0) is 20.3. The van der Waals surface area contributed by atoms with E-state index in [9.17, 15) is 19.5 Å². The first-order valence-electron chi connectivity index (χ1n) is 9.10. The summed E-state index contributed by atoms with van der Waals surface area (Å²) in [6.07, 6.45) is 0.827. The minimum atomic E-state index is -1.71. The van der Waals surface area contributed by atoms with Crippen molar-refractivity contribution < 1.29 is 24.2 Å².